The van der Waals surface area contributed by atoms with E-state index in [1.165, 1.54) is 18.2 Å². The Labute approximate surface area is 159 Å². The summed E-state index contributed by atoms with van der Waals surface area (Å²) >= 11 is 6.37. The number of benzene rings is 2. The smallest absolute Gasteiger partial charge is 0.271 e. The minimum absolute atomic E-state index is 0.222. The van der Waals surface area contributed by atoms with E-state index < -0.39 is 10.0 Å². The third-order valence-electron chi connectivity index (χ3n) is 3.28. The molecule has 1 aromatic heterocycles. The van der Waals surface area contributed by atoms with E-state index in [2.05, 4.69) is 15.4 Å². The zero-order chi connectivity index (χ0) is 18.6. The second-order valence-corrected chi connectivity index (χ2v) is 8.43. The maximum absolute atomic E-state index is 13.0. The van der Waals surface area contributed by atoms with Gasteiger partial charge in [0, 0.05) is 5.69 Å². The maximum Gasteiger partial charge on any atom is 0.271 e. The number of nitrogens with one attached hydrogen (secondary N) is 3. The number of hydrogen-bond donors (Lipinski definition) is 3. The van der Waals surface area contributed by atoms with Gasteiger partial charge in [-0.2, -0.15) is 0 Å². The van der Waals surface area contributed by atoms with Crippen molar-refractivity contribution in [3.63, 3.8) is 0 Å². The van der Waals surface area contributed by atoms with Crippen LogP contribution in [0.3, 0.4) is 0 Å². The predicted molar refractivity (Wildman–Crippen MR) is 108 cm³/mol. The van der Waals surface area contributed by atoms with Crippen LogP contribution < -0.4 is 15.4 Å². The molecule has 0 aliphatic rings. The third-order valence-corrected chi connectivity index (χ3v) is 6.25. The lowest BCUT2D eigenvalue weighted by molar-refractivity contribution is 0.603. The second-order valence-electron chi connectivity index (χ2n) is 5.17. The summed E-state index contributed by atoms with van der Waals surface area (Å²) in [6, 6.07) is 15.7. The van der Waals surface area contributed by atoms with Crippen LogP contribution in [0.4, 0.5) is 21.5 Å². The van der Waals surface area contributed by atoms with Crippen LogP contribution in [0.25, 0.3) is 0 Å². The lowest BCUT2D eigenvalue weighted by atomic mass is 10.3. The van der Waals surface area contributed by atoms with Crippen molar-refractivity contribution in [3.05, 3.63) is 71.9 Å². The van der Waals surface area contributed by atoms with Crippen molar-refractivity contribution in [1.82, 2.24) is 0 Å². The Morgan fingerprint density at radius 2 is 1.62 bits per heavy atom. The Balaban J connectivity index is 1.75. The maximum atomic E-state index is 13.0. The molecule has 0 saturated heterocycles. The fourth-order valence-corrected chi connectivity index (χ4v) is 4.41. The van der Waals surface area contributed by atoms with Gasteiger partial charge < -0.3 is 10.6 Å². The number of thiocarbonyl (C=S) groups is 1. The molecular weight excluding hydrogens is 393 g/mol. The van der Waals surface area contributed by atoms with E-state index in [1.54, 1.807) is 47.8 Å². The average Bonchev–Trinajstić information content (AvgIpc) is 3.14. The summed E-state index contributed by atoms with van der Waals surface area (Å²) in [5.74, 6) is -0.345. The van der Waals surface area contributed by atoms with E-state index in [9.17, 15) is 12.8 Å². The van der Waals surface area contributed by atoms with Crippen LogP contribution in [-0.4, -0.2) is 13.5 Å². The first-order valence-electron chi connectivity index (χ1n) is 7.43. The topological polar surface area (TPSA) is 70.2 Å². The van der Waals surface area contributed by atoms with Crippen molar-refractivity contribution < 1.29 is 12.8 Å². The number of para-hydroxylation sites is 2. The molecule has 0 saturated carbocycles. The first-order valence-corrected chi connectivity index (χ1v) is 10.2. The van der Waals surface area contributed by atoms with Gasteiger partial charge in [0.15, 0.2) is 5.11 Å². The predicted octanol–water partition coefficient (Wildman–Crippen LogP) is 4.50. The number of halogens is 1. The van der Waals surface area contributed by atoms with Crippen molar-refractivity contribution in [2.75, 3.05) is 15.4 Å². The molecule has 1 heterocycles. The van der Waals surface area contributed by atoms with E-state index in [4.69, 9.17) is 12.2 Å². The van der Waals surface area contributed by atoms with Gasteiger partial charge in [-0.05, 0) is 60.1 Å². The molecule has 9 heteroatoms. The number of rotatable bonds is 5. The molecule has 0 amide bonds. The summed E-state index contributed by atoms with van der Waals surface area (Å²) in [6.45, 7) is 0. The summed E-state index contributed by atoms with van der Waals surface area (Å²) in [5.41, 5.74) is 1.47. The van der Waals surface area contributed by atoms with E-state index >= 15 is 0 Å². The fraction of sp³-hybridized carbons (Fsp3) is 0. The lowest BCUT2D eigenvalue weighted by Crippen LogP contribution is -2.21. The SMILES string of the molecule is O=S(=O)(Nc1ccccc1NC(=S)Nc1ccc(F)cc1)c1cccs1. The van der Waals surface area contributed by atoms with E-state index in [-0.39, 0.29) is 15.1 Å². The summed E-state index contributed by atoms with van der Waals surface area (Å²) < 4.78 is 40.6. The Morgan fingerprint density at radius 1 is 0.923 bits per heavy atom. The van der Waals surface area contributed by atoms with Crippen LogP contribution in [0.2, 0.25) is 0 Å². The zero-order valence-electron chi connectivity index (χ0n) is 13.3. The highest BCUT2D eigenvalue weighted by Crippen LogP contribution is 2.26. The standard InChI is InChI=1S/C17H14FN3O2S3/c18-12-7-9-13(10-8-12)19-17(24)20-14-4-1-2-5-15(14)21-26(22,23)16-6-3-11-25-16/h1-11,21H,(H2,19,20,24). The molecule has 0 unspecified atom stereocenters. The van der Waals surface area contributed by atoms with Gasteiger partial charge in [0.2, 0.25) is 0 Å². The molecule has 134 valence electrons. The van der Waals surface area contributed by atoms with Gasteiger partial charge >= 0.3 is 0 Å². The van der Waals surface area contributed by atoms with Gasteiger partial charge in [0.05, 0.1) is 11.4 Å². The number of hydrogen-bond acceptors (Lipinski definition) is 4. The van der Waals surface area contributed by atoms with Crippen molar-refractivity contribution in [3.8, 4) is 0 Å². The molecule has 3 rings (SSSR count). The first-order chi connectivity index (χ1) is 12.4. The molecule has 0 aliphatic heterocycles. The highest BCUT2D eigenvalue weighted by Gasteiger charge is 2.17. The molecule has 0 atom stereocenters. The normalized spacial score (nSPS) is 11.0. The first kappa shape index (κ1) is 18.3. The minimum atomic E-state index is -3.67. The lowest BCUT2D eigenvalue weighted by Gasteiger charge is -2.15. The van der Waals surface area contributed by atoms with Gasteiger partial charge in [-0.15, -0.1) is 11.3 Å². The highest BCUT2D eigenvalue weighted by molar-refractivity contribution is 7.94. The fourth-order valence-electron chi connectivity index (χ4n) is 2.11. The summed E-state index contributed by atoms with van der Waals surface area (Å²) in [5, 5.41) is 7.80. The highest BCUT2D eigenvalue weighted by atomic mass is 32.2. The second kappa shape index (κ2) is 7.81. The van der Waals surface area contributed by atoms with Crippen molar-refractivity contribution >= 4 is 55.8 Å². The van der Waals surface area contributed by atoms with Crippen LogP contribution in [0.1, 0.15) is 0 Å². The monoisotopic (exact) mass is 407 g/mol. The average molecular weight is 408 g/mol. The van der Waals surface area contributed by atoms with Gasteiger partial charge in [0.25, 0.3) is 10.0 Å². The minimum Gasteiger partial charge on any atom is -0.332 e. The van der Waals surface area contributed by atoms with Gasteiger partial charge in [-0.1, -0.05) is 18.2 Å². The Morgan fingerprint density at radius 3 is 2.27 bits per heavy atom. The van der Waals surface area contributed by atoms with Crippen LogP contribution in [0, 0.1) is 5.82 Å². The Bertz CT molecular complexity index is 1000. The number of thiophene rings is 1. The van der Waals surface area contributed by atoms with Gasteiger partial charge in [-0.25, -0.2) is 12.8 Å². The molecule has 0 radical (unpaired) electrons. The summed E-state index contributed by atoms with van der Waals surface area (Å²) in [4.78, 5) is 0. The molecule has 0 spiro atoms. The number of sulfonamides is 1. The quantitative estimate of drug-likeness (QED) is 0.544. The van der Waals surface area contributed by atoms with E-state index in [0.29, 0.717) is 17.1 Å². The molecule has 3 aromatic rings. The molecule has 2 aromatic carbocycles. The van der Waals surface area contributed by atoms with Crippen LogP contribution in [-0.2, 0) is 10.0 Å². The van der Waals surface area contributed by atoms with Gasteiger partial charge in [0.1, 0.15) is 10.0 Å². The van der Waals surface area contributed by atoms with Crippen molar-refractivity contribution in [2.45, 2.75) is 4.21 Å². The van der Waals surface area contributed by atoms with Crippen molar-refractivity contribution in [2.24, 2.45) is 0 Å². The Kier molecular flexibility index (Phi) is 5.50. The molecule has 3 N–H and O–H groups in total. The van der Waals surface area contributed by atoms with Crippen LogP contribution in [0.15, 0.2) is 70.3 Å². The molecule has 0 bridgehead atoms. The molecule has 5 nitrogen and oxygen atoms in total. The third kappa shape index (κ3) is 4.57. The van der Waals surface area contributed by atoms with Gasteiger partial charge in [-0.3, -0.25) is 4.72 Å². The van der Waals surface area contributed by atoms with E-state index in [1.807, 2.05) is 0 Å². The molecule has 0 fully saturated rings. The van der Waals surface area contributed by atoms with Crippen molar-refractivity contribution in [1.29, 1.82) is 0 Å². The van der Waals surface area contributed by atoms with Crippen LogP contribution in [0.5, 0.6) is 0 Å². The summed E-state index contributed by atoms with van der Waals surface area (Å²) in [6.07, 6.45) is 0. The number of anilines is 3. The zero-order valence-corrected chi connectivity index (χ0v) is 15.7. The van der Waals surface area contributed by atoms with E-state index in [0.717, 1.165) is 11.3 Å². The Hall–Kier alpha value is -2.49. The molecule has 0 aliphatic carbocycles. The largest absolute Gasteiger partial charge is 0.332 e. The molecule has 26 heavy (non-hydrogen) atoms. The van der Waals surface area contributed by atoms with Crippen LogP contribution >= 0.6 is 23.6 Å². The molecular formula is C17H14FN3O2S3. The summed E-state index contributed by atoms with van der Waals surface area (Å²) in [7, 11) is -3.67.